The molecule has 3 heterocycles. The summed E-state index contributed by atoms with van der Waals surface area (Å²) < 4.78 is 1.61. The van der Waals surface area contributed by atoms with Gasteiger partial charge >= 0.3 is 0 Å². The van der Waals surface area contributed by atoms with Crippen molar-refractivity contribution in [3.05, 3.63) is 33.8 Å². The van der Waals surface area contributed by atoms with Gasteiger partial charge in [0.15, 0.2) is 5.69 Å². The predicted octanol–water partition coefficient (Wildman–Crippen LogP) is 2.21. The quantitative estimate of drug-likeness (QED) is 0.925. The molecule has 2 N–H and O–H groups in total. The molecular formula is C15H18N4OS. The summed E-state index contributed by atoms with van der Waals surface area (Å²) in [6.07, 6.45) is 5.05. The minimum atomic E-state index is -0.0261. The molecule has 5 nitrogen and oxygen atoms in total. The van der Waals surface area contributed by atoms with Gasteiger partial charge in [0, 0.05) is 24.7 Å². The normalized spacial score (nSPS) is 21.4. The number of aromatic nitrogens is 2. The van der Waals surface area contributed by atoms with Crippen LogP contribution in [0.2, 0.25) is 0 Å². The van der Waals surface area contributed by atoms with E-state index in [1.807, 2.05) is 16.2 Å². The van der Waals surface area contributed by atoms with Crippen LogP contribution in [0.1, 0.15) is 39.8 Å². The maximum atomic E-state index is 12.9. The smallest absolute Gasteiger partial charge is 0.277 e. The number of nitrogens with zero attached hydrogens (tertiary/aromatic N) is 3. The van der Waals surface area contributed by atoms with Crippen LogP contribution < -0.4 is 5.73 Å². The molecule has 1 aliphatic carbocycles. The van der Waals surface area contributed by atoms with Gasteiger partial charge in [-0.05, 0) is 42.2 Å². The summed E-state index contributed by atoms with van der Waals surface area (Å²) in [5.41, 5.74) is 8.13. The average molecular weight is 302 g/mol. The molecule has 110 valence electrons. The van der Waals surface area contributed by atoms with Gasteiger partial charge in [-0.3, -0.25) is 9.48 Å². The maximum absolute atomic E-state index is 12.9. The number of amides is 1. The van der Waals surface area contributed by atoms with Crippen molar-refractivity contribution >= 4 is 22.9 Å². The Morgan fingerprint density at radius 1 is 1.48 bits per heavy atom. The number of hydrogen-bond acceptors (Lipinski definition) is 4. The van der Waals surface area contributed by atoms with Crippen LogP contribution in [0.4, 0.5) is 5.69 Å². The van der Waals surface area contributed by atoms with Crippen LogP contribution in [0, 0.1) is 5.92 Å². The molecule has 0 spiro atoms. The molecule has 1 aliphatic heterocycles. The largest absolute Gasteiger partial charge is 0.396 e. The van der Waals surface area contributed by atoms with E-state index in [4.69, 9.17) is 5.73 Å². The van der Waals surface area contributed by atoms with Crippen LogP contribution in [-0.4, -0.2) is 27.1 Å². The number of fused-ring (bicyclic) bond motifs is 1. The van der Waals surface area contributed by atoms with Crippen molar-refractivity contribution in [3.8, 4) is 0 Å². The number of carbonyl (C=O) groups excluding carboxylic acids is 1. The van der Waals surface area contributed by atoms with E-state index in [0.717, 1.165) is 13.0 Å². The summed E-state index contributed by atoms with van der Waals surface area (Å²) in [5, 5.41) is 6.39. The van der Waals surface area contributed by atoms with Gasteiger partial charge in [0.2, 0.25) is 0 Å². The van der Waals surface area contributed by atoms with Gasteiger partial charge in [0.25, 0.3) is 5.91 Å². The molecule has 1 unspecified atom stereocenters. The predicted molar refractivity (Wildman–Crippen MR) is 82.1 cm³/mol. The van der Waals surface area contributed by atoms with Crippen molar-refractivity contribution in [3.63, 3.8) is 0 Å². The molecule has 1 saturated carbocycles. The number of carbonyl (C=O) groups is 1. The summed E-state index contributed by atoms with van der Waals surface area (Å²) in [4.78, 5) is 16.3. The molecule has 0 aromatic carbocycles. The van der Waals surface area contributed by atoms with E-state index in [0.29, 0.717) is 17.3 Å². The van der Waals surface area contributed by atoms with Crippen molar-refractivity contribution in [2.45, 2.75) is 25.3 Å². The molecule has 0 bridgehead atoms. The number of anilines is 1. The zero-order valence-electron chi connectivity index (χ0n) is 12.0. The summed E-state index contributed by atoms with van der Waals surface area (Å²) in [7, 11) is 1.79. The third-order valence-electron chi connectivity index (χ3n) is 4.40. The molecule has 0 radical (unpaired) electrons. The van der Waals surface area contributed by atoms with E-state index < -0.39 is 0 Å². The Bertz CT molecular complexity index is 700. The molecule has 2 aromatic heterocycles. The van der Waals surface area contributed by atoms with Gasteiger partial charge in [-0.2, -0.15) is 5.10 Å². The number of aryl methyl sites for hydroxylation is 1. The lowest BCUT2D eigenvalue weighted by molar-refractivity contribution is 0.0631. The second kappa shape index (κ2) is 4.59. The first kappa shape index (κ1) is 12.9. The van der Waals surface area contributed by atoms with Crippen LogP contribution in [0.15, 0.2) is 17.6 Å². The maximum Gasteiger partial charge on any atom is 0.277 e. The van der Waals surface area contributed by atoms with E-state index in [9.17, 15) is 4.79 Å². The highest BCUT2D eigenvalue weighted by atomic mass is 32.1. The standard InChI is InChI=1S/C15H18N4OS/c1-18-8-11(16)13(17-18)15(20)19-6-4-12-10(5-7-21-12)14(19)9-2-3-9/h5,7-9,14H,2-4,6,16H2,1H3. The van der Waals surface area contributed by atoms with Gasteiger partial charge in [0.05, 0.1) is 11.7 Å². The summed E-state index contributed by atoms with van der Waals surface area (Å²) in [5.74, 6) is 0.578. The highest BCUT2D eigenvalue weighted by Crippen LogP contribution is 2.48. The fourth-order valence-electron chi connectivity index (χ4n) is 3.30. The first-order valence-corrected chi connectivity index (χ1v) is 8.19. The van der Waals surface area contributed by atoms with Crippen LogP contribution in [0.5, 0.6) is 0 Å². The van der Waals surface area contributed by atoms with E-state index >= 15 is 0 Å². The topological polar surface area (TPSA) is 64.2 Å². The van der Waals surface area contributed by atoms with Gasteiger partial charge in [-0.25, -0.2) is 0 Å². The van der Waals surface area contributed by atoms with Gasteiger partial charge in [-0.15, -0.1) is 11.3 Å². The molecule has 4 rings (SSSR count). The molecule has 1 atom stereocenters. The van der Waals surface area contributed by atoms with E-state index in [1.165, 1.54) is 23.3 Å². The third-order valence-corrected chi connectivity index (χ3v) is 5.40. The van der Waals surface area contributed by atoms with Crippen LogP contribution in [-0.2, 0) is 13.5 Å². The number of hydrogen-bond donors (Lipinski definition) is 1. The zero-order chi connectivity index (χ0) is 14.6. The summed E-state index contributed by atoms with van der Waals surface area (Å²) in [6.45, 7) is 0.767. The van der Waals surface area contributed by atoms with E-state index in [-0.39, 0.29) is 11.9 Å². The highest BCUT2D eigenvalue weighted by molar-refractivity contribution is 7.10. The molecule has 1 fully saturated rings. The fourth-order valence-corrected chi connectivity index (χ4v) is 4.22. The SMILES string of the molecule is Cn1cc(N)c(C(=O)N2CCc3sccc3C2C2CC2)n1. The van der Waals surface area contributed by atoms with Crippen LogP contribution in [0.25, 0.3) is 0 Å². The number of nitrogens with two attached hydrogens (primary N) is 1. The van der Waals surface area contributed by atoms with Gasteiger partial charge in [-0.1, -0.05) is 0 Å². The van der Waals surface area contributed by atoms with Crippen molar-refractivity contribution in [2.75, 3.05) is 12.3 Å². The van der Waals surface area contributed by atoms with E-state index in [2.05, 4.69) is 16.5 Å². The second-order valence-corrected chi connectivity index (χ2v) is 6.94. The Morgan fingerprint density at radius 2 is 2.29 bits per heavy atom. The van der Waals surface area contributed by atoms with Crippen molar-refractivity contribution < 1.29 is 4.79 Å². The number of rotatable bonds is 2. The Kier molecular flexibility index (Phi) is 2.82. The number of thiophene rings is 1. The fraction of sp³-hybridized carbons (Fsp3) is 0.467. The second-order valence-electron chi connectivity index (χ2n) is 5.94. The Hall–Kier alpha value is -1.82. The van der Waals surface area contributed by atoms with E-state index in [1.54, 1.807) is 17.9 Å². The minimum absolute atomic E-state index is 0.0261. The Labute approximate surface area is 127 Å². The Balaban J connectivity index is 1.71. The first-order valence-electron chi connectivity index (χ1n) is 7.31. The van der Waals surface area contributed by atoms with Crippen molar-refractivity contribution in [1.82, 2.24) is 14.7 Å². The van der Waals surface area contributed by atoms with Gasteiger partial charge in [0.1, 0.15) is 0 Å². The third kappa shape index (κ3) is 2.05. The van der Waals surface area contributed by atoms with Crippen molar-refractivity contribution in [1.29, 1.82) is 0 Å². The monoisotopic (exact) mass is 302 g/mol. The van der Waals surface area contributed by atoms with Crippen molar-refractivity contribution in [2.24, 2.45) is 13.0 Å². The molecule has 0 saturated heterocycles. The lowest BCUT2D eigenvalue weighted by Crippen LogP contribution is -2.41. The molecule has 21 heavy (non-hydrogen) atoms. The van der Waals surface area contributed by atoms with Gasteiger partial charge < -0.3 is 10.6 Å². The lowest BCUT2D eigenvalue weighted by atomic mass is 9.95. The molecular weight excluding hydrogens is 284 g/mol. The summed E-state index contributed by atoms with van der Waals surface area (Å²) >= 11 is 1.81. The molecule has 2 aromatic rings. The minimum Gasteiger partial charge on any atom is -0.396 e. The first-order chi connectivity index (χ1) is 10.1. The van der Waals surface area contributed by atoms with Crippen LogP contribution >= 0.6 is 11.3 Å². The van der Waals surface area contributed by atoms with Crippen LogP contribution in [0.3, 0.4) is 0 Å². The molecule has 2 aliphatic rings. The Morgan fingerprint density at radius 3 is 2.95 bits per heavy atom. The summed E-state index contributed by atoms with van der Waals surface area (Å²) in [6, 6.07) is 2.40. The average Bonchev–Trinajstić information content (AvgIpc) is 3.08. The zero-order valence-corrected chi connectivity index (χ0v) is 12.8. The highest BCUT2D eigenvalue weighted by Gasteiger charge is 2.42. The molecule has 6 heteroatoms. The number of nitrogen functional groups attached to an aromatic ring is 1. The lowest BCUT2D eigenvalue weighted by Gasteiger charge is -2.36. The molecule has 1 amide bonds.